The van der Waals surface area contributed by atoms with Crippen molar-refractivity contribution >= 4 is 17.7 Å². The molecule has 2 aliphatic rings. The summed E-state index contributed by atoms with van der Waals surface area (Å²) in [6.45, 7) is 6.47. The summed E-state index contributed by atoms with van der Waals surface area (Å²) in [5, 5.41) is 2.84. The molecule has 1 aliphatic carbocycles. The van der Waals surface area contributed by atoms with Gasteiger partial charge in [-0.3, -0.25) is 19.3 Å². The van der Waals surface area contributed by atoms with E-state index in [0.717, 1.165) is 12.8 Å². The van der Waals surface area contributed by atoms with E-state index in [1.54, 1.807) is 6.92 Å². The van der Waals surface area contributed by atoms with Crippen LogP contribution in [-0.2, 0) is 14.4 Å². The average Bonchev–Trinajstić information content (AvgIpc) is 2.70. The zero-order valence-corrected chi connectivity index (χ0v) is 12.4. The number of hydrogen-bond donors (Lipinski definition) is 1. The molecule has 0 spiro atoms. The quantitative estimate of drug-likeness (QED) is 0.787. The summed E-state index contributed by atoms with van der Waals surface area (Å²) in [6, 6.07) is 0. The lowest BCUT2D eigenvalue weighted by molar-refractivity contribution is -0.137. The van der Waals surface area contributed by atoms with Crippen LogP contribution in [-0.4, -0.2) is 35.7 Å². The van der Waals surface area contributed by atoms with Crippen LogP contribution in [0.4, 0.5) is 0 Å². The first-order valence-electron chi connectivity index (χ1n) is 7.38. The van der Waals surface area contributed by atoms with Crippen LogP contribution in [0.5, 0.6) is 0 Å². The van der Waals surface area contributed by atoms with Crippen molar-refractivity contribution in [2.24, 2.45) is 11.8 Å². The number of carbonyl (C=O) groups is 3. The summed E-state index contributed by atoms with van der Waals surface area (Å²) in [6.07, 6.45) is 2.17. The molecule has 20 heavy (non-hydrogen) atoms. The van der Waals surface area contributed by atoms with Crippen molar-refractivity contribution in [3.05, 3.63) is 11.1 Å². The summed E-state index contributed by atoms with van der Waals surface area (Å²) >= 11 is 0. The topological polar surface area (TPSA) is 66.5 Å². The molecule has 2 unspecified atom stereocenters. The summed E-state index contributed by atoms with van der Waals surface area (Å²) < 4.78 is 0. The lowest BCUT2D eigenvalue weighted by atomic mass is 9.78. The highest BCUT2D eigenvalue weighted by Crippen LogP contribution is 2.39. The fourth-order valence-corrected chi connectivity index (χ4v) is 3.08. The Bertz CT molecular complexity index is 482. The molecule has 1 aliphatic heterocycles. The van der Waals surface area contributed by atoms with Gasteiger partial charge >= 0.3 is 0 Å². The number of likely N-dealkylation sites (N-methyl/N-ethyl adjacent to an activating group) is 1. The number of nitrogens with zero attached hydrogens (tertiary/aromatic N) is 1. The summed E-state index contributed by atoms with van der Waals surface area (Å²) in [5.74, 6) is -0.197. The predicted octanol–water partition coefficient (Wildman–Crippen LogP) is 1.24. The molecule has 0 saturated heterocycles. The standard InChI is InChI=1S/C15H22N2O3/c1-4-11(18)16-8-10-7-6-9(3)12-13(10)15(20)17(5-2)14(12)19/h9-10H,4-8H2,1-3H3,(H,16,18). The lowest BCUT2D eigenvalue weighted by Crippen LogP contribution is -2.34. The molecule has 2 atom stereocenters. The van der Waals surface area contributed by atoms with Crippen LogP contribution in [0, 0.1) is 11.8 Å². The Labute approximate surface area is 119 Å². The van der Waals surface area contributed by atoms with Gasteiger partial charge in [0.15, 0.2) is 0 Å². The first-order valence-corrected chi connectivity index (χ1v) is 7.38. The Morgan fingerprint density at radius 3 is 2.45 bits per heavy atom. The average molecular weight is 278 g/mol. The van der Waals surface area contributed by atoms with Gasteiger partial charge in [0.2, 0.25) is 5.91 Å². The highest BCUT2D eigenvalue weighted by Gasteiger charge is 2.44. The van der Waals surface area contributed by atoms with Crippen molar-refractivity contribution in [2.75, 3.05) is 13.1 Å². The van der Waals surface area contributed by atoms with Gasteiger partial charge in [0, 0.05) is 36.6 Å². The van der Waals surface area contributed by atoms with Crippen LogP contribution in [0.15, 0.2) is 11.1 Å². The van der Waals surface area contributed by atoms with Crippen molar-refractivity contribution in [3.8, 4) is 0 Å². The third kappa shape index (κ3) is 2.37. The molecule has 0 aromatic heterocycles. The molecular weight excluding hydrogens is 256 g/mol. The molecule has 1 N–H and O–H groups in total. The van der Waals surface area contributed by atoms with Gasteiger partial charge in [0.05, 0.1) is 0 Å². The van der Waals surface area contributed by atoms with Gasteiger partial charge in [-0.2, -0.15) is 0 Å². The normalized spacial score (nSPS) is 26.1. The van der Waals surface area contributed by atoms with E-state index in [9.17, 15) is 14.4 Å². The highest BCUT2D eigenvalue weighted by molar-refractivity contribution is 6.20. The smallest absolute Gasteiger partial charge is 0.257 e. The van der Waals surface area contributed by atoms with Gasteiger partial charge in [-0.15, -0.1) is 0 Å². The minimum atomic E-state index is -0.158. The van der Waals surface area contributed by atoms with E-state index in [1.165, 1.54) is 4.90 Å². The van der Waals surface area contributed by atoms with Gasteiger partial charge < -0.3 is 5.32 Å². The van der Waals surface area contributed by atoms with Gasteiger partial charge in [-0.1, -0.05) is 13.8 Å². The fraction of sp³-hybridized carbons (Fsp3) is 0.667. The van der Waals surface area contributed by atoms with Gasteiger partial charge in [-0.05, 0) is 25.7 Å². The Morgan fingerprint density at radius 2 is 1.85 bits per heavy atom. The molecule has 1 heterocycles. The lowest BCUT2D eigenvalue weighted by Gasteiger charge is -2.26. The minimum absolute atomic E-state index is 0.0186. The van der Waals surface area contributed by atoms with E-state index in [2.05, 4.69) is 5.32 Å². The number of carbonyl (C=O) groups excluding carboxylic acids is 3. The van der Waals surface area contributed by atoms with E-state index < -0.39 is 0 Å². The second-order valence-electron chi connectivity index (χ2n) is 5.51. The second-order valence-corrected chi connectivity index (χ2v) is 5.51. The minimum Gasteiger partial charge on any atom is -0.355 e. The number of imide groups is 1. The molecule has 0 saturated carbocycles. The van der Waals surface area contributed by atoms with E-state index >= 15 is 0 Å². The highest BCUT2D eigenvalue weighted by atomic mass is 16.2. The van der Waals surface area contributed by atoms with E-state index in [0.29, 0.717) is 30.7 Å². The van der Waals surface area contributed by atoms with Crippen LogP contribution < -0.4 is 5.32 Å². The van der Waals surface area contributed by atoms with Crippen LogP contribution in [0.2, 0.25) is 0 Å². The largest absolute Gasteiger partial charge is 0.355 e. The van der Waals surface area contributed by atoms with E-state index in [-0.39, 0.29) is 29.6 Å². The van der Waals surface area contributed by atoms with Crippen LogP contribution in [0.1, 0.15) is 40.0 Å². The zero-order valence-electron chi connectivity index (χ0n) is 12.4. The number of amides is 3. The maximum atomic E-state index is 12.4. The molecular formula is C15H22N2O3. The molecule has 5 heteroatoms. The van der Waals surface area contributed by atoms with Gasteiger partial charge in [-0.25, -0.2) is 0 Å². The monoisotopic (exact) mass is 278 g/mol. The van der Waals surface area contributed by atoms with Crippen molar-refractivity contribution < 1.29 is 14.4 Å². The Hall–Kier alpha value is -1.65. The van der Waals surface area contributed by atoms with Crippen LogP contribution >= 0.6 is 0 Å². The maximum absolute atomic E-state index is 12.4. The van der Waals surface area contributed by atoms with E-state index in [4.69, 9.17) is 0 Å². The van der Waals surface area contributed by atoms with Gasteiger partial charge in [0.1, 0.15) is 0 Å². The third-order valence-corrected chi connectivity index (χ3v) is 4.27. The van der Waals surface area contributed by atoms with E-state index in [1.807, 2.05) is 13.8 Å². The number of rotatable bonds is 4. The van der Waals surface area contributed by atoms with Crippen molar-refractivity contribution in [3.63, 3.8) is 0 Å². The van der Waals surface area contributed by atoms with Crippen molar-refractivity contribution in [1.82, 2.24) is 10.2 Å². The zero-order chi connectivity index (χ0) is 14.9. The predicted molar refractivity (Wildman–Crippen MR) is 74.6 cm³/mol. The molecule has 0 aromatic rings. The maximum Gasteiger partial charge on any atom is 0.257 e. The molecule has 0 radical (unpaired) electrons. The number of nitrogens with one attached hydrogen (secondary N) is 1. The fourth-order valence-electron chi connectivity index (χ4n) is 3.08. The number of hydrogen-bond acceptors (Lipinski definition) is 3. The third-order valence-electron chi connectivity index (χ3n) is 4.27. The molecule has 0 aromatic carbocycles. The van der Waals surface area contributed by atoms with Crippen molar-refractivity contribution in [1.29, 1.82) is 0 Å². The molecule has 110 valence electrons. The Kier molecular flexibility index (Phi) is 4.26. The molecule has 3 amide bonds. The first-order chi connectivity index (χ1) is 9.51. The Balaban J connectivity index is 2.24. The molecule has 5 nitrogen and oxygen atoms in total. The SMILES string of the molecule is CCC(=O)NCC1CCC(C)C2=C1C(=O)N(CC)C2=O. The van der Waals surface area contributed by atoms with Crippen molar-refractivity contribution in [2.45, 2.75) is 40.0 Å². The summed E-state index contributed by atoms with van der Waals surface area (Å²) in [7, 11) is 0. The van der Waals surface area contributed by atoms with Crippen LogP contribution in [0.25, 0.3) is 0 Å². The van der Waals surface area contributed by atoms with Gasteiger partial charge in [0.25, 0.3) is 11.8 Å². The molecule has 2 rings (SSSR count). The Morgan fingerprint density at radius 1 is 1.20 bits per heavy atom. The second kappa shape index (κ2) is 5.77. The summed E-state index contributed by atoms with van der Waals surface area (Å²) in [5.41, 5.74) is 1.32. The van der Waals surface area contributed by atoms with Crippen LogP contribution in [0.3, 0.4) is 0 Å². The molecule has 0 bridgehead atoms. The summed E-state index contributed by atoms with van der Waals surface area (Å²) in [4.78, 5) is 37.4. The first kappa shape index (κ1) is 14.8. The molecule has 0 fully saturated rings.